The molecule has 7 nitrogen and oxygen atoms in total. The summed E-state index contributed by atoms with van der Waals surface area (Å²) in [5, 5.41) is 7.09. The first-order chi connectivity index (χ1) is 12.4. The number of carbonyl (C=O) groups is 2. The van der Waals surface area contributed by atoms with E-state index >= 15 is 0 Å². The maximum absolute atomic E-state index is 12.8. The molecule has 1 N–H and O–H groups in total. The number of carbonyl (C=O) groups excluding carboxylic acids is 2. The van der Waals surface area contributed by atoms with Crippen molar-refractivity contribution in [3.05, 3.63) is 52.8 Å². The van der Waals surface area contributed by atoms with Crippen molar-refractivity contribution in [2.24, 2.45) is 7.05 Å². The Hall–Kier alpha value is -2.67. The zero-order valence-corrected chi connectivity index (χ0v) is 15.5. The van der Waals surface area contributed by atoms with Crippen LogP contribution >= 0.6 is 0 Å². The second-order valence-electron chi connectivity index (χ2n) is 6.69. The van der Waals surface area contributed by atoms with Crippen molar-refractivity contribution in [1.29, 1.82) is 0 Å². The van der Waals surface area contributed by atoms with Gasteiger partial charge >= 0.3 is 0 Å². The van der Waals surface area contributed by atoms with Crippen LogP contribution in [0.4, 0.5) is 0 Å². The van der Waals surface area contributed by atoms with Gasteiger partial charge in [0.25, 0.3) is 5.91 Å². The van der Waals surface area contributed by atoms with Gasteiger partial charge in [-0.2, -0.15) is 5.10 Å². The number of nitrogens with one attached hydrogen (secondary N) is 1. The zero-order chi connectivity index (χ0) is 18.8. The van der Waals surface area contributed by atoms with E-state index in [0.29, 0.717) is 6.54 Å². The lowest BCUT2D eigenvalue weighted by Gasteiger charge is -2.38. The highest BCUT2D eigenvalue weighted by atomic mass is 16.5. The highest BCUT2D eigenvalue weighted by molar-refractivity contribution is 5.86. The van der Waals surface area contributed by atoms with Crippen LogP contribution < -0.4 is 5.32 Å². The number of hydrogen-bond acceptors (Lipinski definition) is 4. The molecule has 0 spiro atoms. The Balaban J connectivity index is 1.78. The largest absolute Gasteiger partial charge is 0.356 e. The van der Waals surface area contributed by atoms with Crippen LogP contribution in [0.2, 0.25) is 0 Å². The number of ether oxygens (including phenoxy) is 1. The Bertz CT molecular complexity index is 813. The molecule has 1 saturated heterocycles. The molecule has 1 aromatic heterocycles. The quantitative estimate of drug-likeness (QED) is 0.895. The molecule has 2 heterocycles. The van der Waals surface area contributed by atoms with E-state index < -0.39 is 12.1 Å². The van der Waals surface area contributed by atoms with Crippen LogP contribution in [-0.2, 0) is 27.9 Å². The maximum atomic E-state index is 12.8. The van der Waals surface area contributed by atoms with E-state index in [1.54, 1.807) is 22.8 Å². The molecule has 7 heteroatoms. The Labute approximate surface area is 152 Å². The van der Waals surface area contributed by atoms with E-state index in [1.165, 1.54) is 0 Å². The number of likely N-dealkylation sites (N-methyl/N-ethyl adjacent to an activating group) is 1. The van der Waals surface area contributed by atoms with E-state index in [1.807, 2.05) is 45.2 Å². The minimum Gasteiger partial charge on any atom is -0.356 e. The Kier molecular flexibility index (Phi) is 5.08. The molecular weight excluding hydrogens is 332 g/mol. The topological polar surface area (TPSA) is 76.5 Å². The minimum absolute atomic E-state index is 0.0944. The van der Waals surface area contributed by atoms with Gasteiger partial charge < -0.3 is 15.0 Å². The number of amides is 2. The molecule has 138 valence electrons. The van der Waals surface area contributed by atoms with Crippen LogP contribution in [0.25, 0.3) is 0 Å². The second-order valence-corrected chi connectivity index (χ2v) is 6.69. The number of hydrogen-bond donors (Lipinski definition) is 1. The average molecular weight is 356 g/mol. The number of aryl methyl sites for hydroxylation is 2. The van der Waals surface area contributed by atoms with E-state index in [2.05, 4.69) is 10.4 Å². The van der Waals surface area contributed by atoms with Crippen molar-refractivity contribution >= 4 is 11.8 Å². The molecule has 1 aliphatic rings. The monoisotopic (exact) mass is 356 g/mol. The summed E-state index contributed by atoms with van der Waals surface area (Å²) in [7, 11) is 3.57. The smallest absolute Gasteiger partial charge is 0.251 e. The summed E-state index contributed by atoms with van der Waals surface area (Å²) in [5.41, 5.74) is 3.95. The molecule has 0 radical (unpaired) electrons. The molecule has 0 saturated carbocycles. The summed E-state index contributed by atoms with van der Waals surface area (Å²) in [6.45, 7) is 4.23. The molecule has 26 heavy (non-hydrogen) atoms. The van der Waals surface area contributed by atoms with Crippen LogP contribution in [-0.4, -0.2) is 46.3 Å². The lowest BCUT2D eigenvalue weighted by Crippen LogP contribution is -2.52. The van der Waals surface area contributed by atoms with Gasteiger partial charge in [-0.1, -0.05) is 29.8 Å². The highest BCUT2D eigenvalue weighted by Crippen LogP contribution is 2.29. The summed E-state index contributed by atoms with van der Waals surface area (Å²) in [4.78, 5) is 26.5. The number of rotatable bonds is 4. The fraction of sp³-hybridized carbons (Fsp3) is 0.421. The van der Waals surface area contributed by atoms with Crippen LogP contribution in [0.15, 0.2) is 30.5 Å². The molecule has 0 bridgehead atoms. The molecule has 2 aromatic rings. The van der Waals surface area contributed by atoms with E-state index in [4.69, 9.17) is 4.74 Å². The third-order valence-corrected chi connectivity index (χ3v) is 4.95. The number of nitrogens with zero attached hydrogens (tertiary/aromatic N) is 3. The van der Waals surface area contributed by atoms with Crippen LogP contribution in [0.5, 0.6) is 0 Å². The van der Waals surface area contributed by atoms with Crippen molar-refractivity contribution in [2.75, 3.05) is 13.7 Å². The zero-order valence-electron chi connectivity index (χ0n) is 15.5. The molecule has 3 rings (SSSR count). The Morgan fingerprint density at radius 2 is 1.96 bits per heavy atom. The third-order valence-electron chi connectivity index (χ3n) is 4.95. The van der Waals surface area contributed by atoms with Crippen molar-refractivity contribution in [1.82, 2.24) is 20.0 Å². The van der Waals surface area contributed by atoms with Gasteiger partial charge in [-0.3, -0.25) is 14.3 Å². The lowest BCUT2D eigenvalue weighted by atomic mass is 9.96. The Morgan fingerprint density at radius 3 is 2.58 bits per heavy atom. The first kappa shape index (κ1) is 18.1. The second kappa shape index (κ2) is 7.29. The first-order valence-electron chi connectivity index (χ1n) is 8.57. The van der Waals surface area contributed by atoms with Crippen LogP contribution in [0, 0.1) is 13.8 Å². The van der Waals surface area contributed by atoms with Gasteiger partial charge in [-0.05, 0) is 19.4 Å². The van der Waals surface area contributed by atoms with Gasteiger partial charge in [0, 0.05) is 31.9 Å². The van der Waals surface area contributed by atoms with E-state index in [0.717, 1.165) is 22.4 Å². The molecule has 1 fully saturated rings. The molecule has 1 aliphatic heterocycles. The highest BCUT2D eigenvalue weighted by Gasteiger charge is 2.39. The molecule has 0 aliphatic carbocycles. The maximum Gasteiger partial charge on any atom is 0.251 e. The third kappa shape index (κ3) is 3.48. The predicted octanol–water partition coefficient (Wildman–Crippen LogP) is 1.25. The summed E-state index contributed by atoms with van der Waals surface area (Å²) < 4.78 is 7.38. The summed E-state index contributed by atoms with van der Waals surface area (Å²) in [5.74, 6) is -0.374. The van der Waals surface area contributed by atoms with Crippen molar-refractivity contribution in [3.63, 3.8) is 0 Å². The summed E-state index contributed by atoms with van der Waals surface area (Å²) in [6.07, 6.45) is 0.988. The molecular formula is C19H24N4O3. The van der Waals surface area contributed by atoms with Crippen LogP contribution in [0.3, 0.4) is 0 Å². The standard InChI is InChI=1S/C19H24N4O3/c1-12-5-7-14(8-6-12)17-18(26-11-16(24)22(17)3)19(25)20-9-15-10-21-23(4)13(15)2/h5-8,10,17-18H,9,11H2,1-4H3,(H,20,25)/t17-,18+/m1/s1. The minimum atomic E-state index is -0.752. The normalized spacial score (nSPS) is 20.3. The lowest BCUT2D eigenvalue weighted by molar-refractivity contribution is -0.162. The molecule has 0 unspecified atom stereocenters. The van der Waals surface area contributed by atoms with Gasteiger partial charge in [0.15, 0.2) is 6.10 Å². The fourth-order valence-corrected chi connectivity index (χ4v) is 3.09. The van der Waals surface area contributed by atoms with Crippen LogP contribution in [0.1, 0.15) is 28.4 Å². The number of aromatic nitrogens is 2. The molecule has 2 atom stereocenters. The van der Waals surface area contributed by atoms with Gasteiger partial charge in [0.05, 0.1) is 12.2 Å². The fourth-order valence-electron chi connectivity index (χ4n) is 3.09. The van der Waals surface area contributed by atoms with E-state index in [-0.39, 0.29) is 18.4 Å². The number of morpholine rings is 1. The summed E-state index contributed by atoms with van der Waals surface area (Å²) >= 11 is 0. The summed E-state index contributed by atoms with van der Waals surface area (Å²) in [6, 6.07) is 7.35. The van der Waals surface area contributed by atoms with Gasteiger partial charge in [0.2, 0.25) is 5.91 Å². The number of benzene rings is 1. The SMILES string of the molecule is Cc1ccc([C@@H]2[C@@H](C(=O)NCc3cnn(C)c3C)OCC(=O)N2C)cc1. The molecule has 1 aromatic carbocycles. The Morgan fingerprint density at radius 1 is 1.27 bits per heavy atom. The van der Waals surface area contributed by atoms with Gasteiger partial charge in [0.1, 0.15) is 6.61 Å². The predicted molar refractivity (Wildman–Crippen MR) is 96.2 cm³/mol. The average Bonchev–Trinajstić information content (AvgIpc) is 2.94. The van der Waals surface area contributed by atoms with Crippen molar-refractivity contribution < 1.29 is 14.3 Å². The molecule has 2 amide bonds. The van der Waals surface area contributed by atoms with Gasteiger partial charge in [-0.15, -0.1) is 0 Å². The van der Waals surface area contributed by atoms with E-state index in [9.17, 15) is 9.59 Å². The van der Waals surface area contributed by atoms with Crippen molar-refractivity contribution in [2.45, 2.75) is 32.5 Å². The van der Waals surface area contributed by atoms with Crippen molar-refractivity contribution in [3.8, 4) is 0 Å². The first-order valence-corrected chi connectivity index (χ1v) is 8.57. The van der Waals surface area contributed by atoms with Gasteiger partial charge in [-0.25, -0.2) is 0 Å².